The van der Waals surface area contributed by atoms with Crippen LogP contribution in [0.3, 0.4) is 0 Å². The van der Waals surface area contributed by atoms with Gasteiger partial charge in [0.2, 0.25) is 0 Å². The molecule has 8 heteroatoms. The van der Waals surface area contributed by atoms with Crippen molar-refractivity contribution < 1.29 is 19.0 Å². The molecule has 2 saturated heterocycles. The lowest BCUT2D eigenvalue weighted by molar-refractivity contribution is 0.0163. The normalized spacial score (nSPS) is 18.0. The number of rotatable bonds is 9. The maximum absolute atomic E-state index is 13.1. The molecule has 1 N–H and O–H groups in total. The van der Waals surface area contributed by atoms with Crippen molar-refractivity contribution in [1.29, 1.82) is 0 Å². The van der Waals surface area contributed by atoms with Crippen LogP contribution in [0.15, 0.2) is 42.5 Å². The highest BCUT2D eigenvalue weighted by molar-refractivity contribution is 5.74. The fourth-order valence-electron chi connectivity index (χ4n) is 4.95. The van der Waals surface area contributed by atoms with E-state index in [9.17, 15) is 4.79 Å². The van der Waals surface area contributed by atoms with Crippen LogP contribution in [0.2, 0.25) is 0 Å². The number of methoxy groups -OCH3 is 1. The molecular weight excluding hydrogens is 456 g/mol. The summed E-state index contributed by atoms with van der Waals surface area (Å²) < 4.78 is 16.9. The van der Waals surface area contributed by atoms with Crippen molar-refractivity contribution in [3.05, 3.63) is 59.2 Å². The van der Waals surface area contributed by atoms with Crippen LogP contribution in [0.4, 0.5) is 4.79 Å². The molecular formula is C28H40N4O4. The van der Waals surface area contributed by atoms with Gasteiger partial charge in [-0.3, -0.25) is 9.80 Å². The summed E-state index contributed by atoms with van der Waals surface area (Å²) >= 11 is 0. The van der Waals surface area contributed by atoms with Crippen LogP contribution in [0, 0.1) is 6.92 Å². The van der Waals surface area contributed by atoms with Gasteiger partial charge in [0.1, 0.15) is 0 Å². The Bertz CT molecular complexity index is 987. The number of aryl methyl sites for hydroxylation is 1. The lowest BCUT2D eigenvalue weighted by atomic mass is 10.0. The smallest absolute Gasteiger partial charge is 0.317 e. The Morgan fingerprint density at radius 1 is 1.03 bits per heavy atom. The Morgan fingerprint density at radius 3 is 2.47 bits per heavy atom. The van der Waals surface area contributed by atoms with Crippen molar-refractivity contribution in [1.82, 2.24) is 20.0 Å². The number of morpholine rings is 1. The van der Waals surface area contributed by atoms with Crippen molar-refractivity contribution in [2.75, 3.05) is 72.7 Å². The minimum Gasteiger partial charge on any atom is -0.493 e. The highest BCUT2D eigenvalue weighted by Gasteiger charge is 2.26. The molecule has 2 aromatic rings. The molecule has 0 aliphatic carbocycles. The number of urea groups is 1. The molecule has 0 saturated carbocycles. The van der Waals surface area contributed by atoms with E-state index in [0.29, 0.717) is 32.1 Å². The minimum atomic E-state index is 0.00158. The number of carbonyl (C=O) groups excluding carboxylic acids is 1. The molecule has 0 aromatic heterocycles. The summed E-state index contributed by atoms with van der Waals surface area (Å²) in [4.78, 5) is 19.8. The van der Waals surface area contributed by atoms with Crippen LogP contribution in [0.25, 0.3) is 0 Å². The summed E-state index contributed by atoms with van der Waals surface area (Å²) in [7, 11) is 1.66. The molecule has 2 aliphatic heterocycles. The number of amides is 2. The summed E-state index contributed by atoms with van der Waals surface area (Å²) in [6.07, 6.45) is 0. The van der Waals surface area contributed by atoms with Crippen LogP contribution in [-0.4, -0.2) is 93.5 Å². The van der Waals surface area contributed by atoms with Crippen LogP contribution < -0.4 is 14.8 Å². The number of ether oxygens (including phenoxy) is 3. The van der Waals surface area contributed by atoms with Gasteiger partial charge in [-0.25, -0.2) is 4.79 Å². The highest BCUT2D eigenvalue weighted by Crippen LogP contribution is 2.32. The molecule has 0 bridgehead atoms. The van der Waals surface area contributed by atoms with Crippen molar-refractivity contribution in [3.63, 3.8) is 0 Å². The summed E-state index contributed by atoms with van der Waals surface area (Å²) in [5, 5.41) is 3.21. The average molecular weight is 497 g/mol. The first-order valence-corrected chi connectivity index (χ1v) is 13.0. The van der Waals surface area contributed by atoms with Gasteiger partial charge in [-0.15, -0.1) is 0 Å². The highest BCUT2D eigenvalue weighted by atomic mass is 16.5. The zero-order valence-corrected chi connectivity index (χ0v) is 21.9. The predicted molar refractivity (Wildman–Crippen MR) is 141 cm³/mol. The first-order chi connectivity index (χ1) is 17.6. The molecule has 196 valence electrons. The third-order valence-electron chi connectivity index (χ3n) is 7.12. The Hall–Kier alpha value is -2.81. The molecule has 2 amide bonds. The monoisotopic (exact) mass is 496 g/mol. The van der Waals surface area contributed by atoms with Gasteiger partial charge >= 0.3 is 6.03 Å². The van der Waals surface area contributed by atoms with Crippen molar-refractivity contribution in [3.8, 4) is 11.5 Å². The van der Waals surface area contributed by atoms with E-state index < -0.39 is 0 Å². The number of hydrogen-bond donors (Lipinski definition) is 1. The van der Waals surface area contributed by atoms with Gasteiger partial charge in [0.25, 0.3) is 0 Å². The van der Waals surface area contributed by atoms with Crippen molar-refractivity contribution >= 4 is 6.03 Å². The van der Waals surface area contributed by atoms with Gasteiger partial charge in [-0.2, -0.15) is 0 Å². The minimum absolute atomic E-state index is 0.00158. The summed E-state index contributed by atoms with van der Waals surface area (Å²) in [6, 6.07) is 14.6. The quantitative estimate of drug-likeness (QED) is 0.575. The Morgan fingerprint density at radius 2 is 1.78 bits per heavy atom. The largest absolute Gasteiger partial charge is 0.493 e. The molecule has 2 aromatic carbocycles. The zero-order valence-electron chi connectivity index (χ0n) is 21.9. The third kappa shape index (κ3) is 6.69. The molecule has 2 fully saturated rings. The first kappa shape index (κ1) is 26.3. The lowest BCUT2D eigenvalue weighted by Crippen LogP contribution is -2.53. The van der Waals surface area contributed by atoms with E-state index in [0.717, 1.165) is 57.1 Å². The van der Waals surface area contributed by atoms with E-state index in [-0.39, 0.29) is 12.1 Å². The van der Waals surface area contributed by atoms with Gasteiger partial charge in [0, 0.05) is 52.4 Å². The first-order valence-electron chi connectivity index (χ1n) is 13.0. The number of carbonyl (C=O) groups is 1. The molecule has 36 heavy (non-hydrogen) atoms. The number of nitrogens with zero attached hydrogens (tertiary/aromatic N) is 3. The molecule has 2 heterocycles. The van der Waals surface area contributed by atoms with Crippen LogP contribution in [-0.2, 0) is 11.3 Å². The molecule has 0 spiro atoms. The summed E-state index contributed by atoms with van der Waals surface area (Å²) in [6.45, 7) is 12.4. The number of benzene rings is 2. The average Bonchev–Trinajstić information content (AvgIpc) is 2.92. The van der Waals surface area contributed by atoms with Gasteiger partial charge in [-0.05, 0) is 42.7 Å². The van der Waals surface area contributed by atoms with E-state index in [2.05, 4.69) is 52.4 Å². The van der Waals surface area contributed by atoms with E-state index in [1.165, 1.54) is 11.1 Å². The number of nitrogens with one attached hydrogen (secondary N) is 1. The van der Waals surface area contributed by atoms with E-state index in [4.69, 9.17) is 14.2 Å². The van der Waals surface area contributed by atoms with E-state index in [1.54, 1.807) is 7.11 Å². The van der Waals surface area contributed by atoms with Crippen molar-refractivity contribution in [2.45, 2.75) is 26.4 Å². The van der Waals surface area contributed by atoms with Crippen molar-refractivity contribution in [2.24, 2.45) is 0 Å². The molecule has 4 rings (SSSR count). The molecule has 2 aliphatic rings. The number of piperazine rings is 1. The molecule has 1 atom stereocenters. The standard InChI is InChI=1S/C28H40N4O4/c1-4-36-26-10-9-23(19-27(26)34-3)25(31-15-17-35-18-16-31)20-29-28(33)32-13-11-30(12-14-32)21-24-8-6-5-7-22(24)2/h5-10,19,25H,4,11-18,20-21H2,1-3H3,(H,29,33)/t25-/m0/s1. The SMILES string of the molecule is CCOc1ccc([C@H](CNC(=O)N2CCN(Cc3ccccc3C)CC2)N2CCOCC2)cc1OC. The second kappa shape index (κ2) is 12.9. The fraction of sp³-hybridized carbons (Fsp3) is 0.536. The maximum Gasteiger partial charge on any atom is 0.317 e. The second-order valence-electron chi connectivity index (χ2n) is 9.38. The fourth-order valence-corrected chi connectivity index (χ4v) is 4.95. The summed E-state index contributed by atoms with van der Waals surface area (Å²) in [5.41, 5.74) is 3.77. The second-order valence-corrected chi connectivity index (χ2v) is 9.38. The van der Waals surface area contributed by atoms with E-state index >= 15 is 0 Å². The Kier molecular flexibility index (Phi) is 9.44. The van der Waals surface area contributed by atoms with Crippen LogP contribution in [0.1, 0.15) is 29.7 Å². The zero-order chi connectivity index (χ0) is 25.3. The Balaban J connectivity index is 1.36. The topological polar surface area (TPSA) is 66.5 Å². The van der Waals surface area contributed by atoms with Gasteiger partial charge in [-0.1, -0.05) is 30.3 Å². The molecule has 8 nitrogen and oxygen atoms in total. The lowest BCUT2D eigenvalue weighted by Gasteiger charge is -2.37. The van der Waals surface area contributed by atoms with Gasteiger partial charge < -0.3 is 24.4 Å². The molecule has 0 unspecified atom stereocenters. The van der Waals surface area contributed by atoms with Crippen LogP contribution >= 0.6 is 0 Å². The van der Waals surface area contributed by atoms with Gasteiger partial charge in [0.05, 0.1) is 33.0 Å². The third-order valence-corrected chi connectivity index (χ3v) is 7.12. The number of hydrogen-bond acceptors (Lipinski definition) is 6. The maximum atomic E-state index is 13.1. The van der Waals surface area contributed by atoms with E-state index in [1.807, 2.05) is 24.0 Å². The van der Waals surface area contributed by atoms with Crippen LogP contribution in [0.5, 0.6) is 11.5 Å². The molecule has 0 radical (unpaired) electrons. The Labute approximate surface area is 215 Å². The predicted octanol–water partition coefficient (Wildman–Crippen LogP) is 3.30. The summed E-state index contributed by atoms with van der Waals surface area (Å²) in [5.74, 6) is 1.45. The van der Waals surface area contributed by atoms with Gasteiger partial charge in [0.15, 0.2) is 11.5 Å².